The van der Waals surface area contributed by atoms with Crippen LogP contribution < -0.4 is 15.4 Å². The van der Waals surface area contributed by atoms with Crippen LogP contribution >= 0.6 is 0 Å². The minimum Gasteiger partial charge on any atom is -0.455 e. The van der Waals surface area contributed by atoms with Gasteiger partial charge in [-0.2, -0.15) is 0 Å². The van der Waals surface area contributed by atoms with E-state index in [-0.39, 0.29) is 5.69 Å². The Morgan fingerprint density at radius 2 is 1.92 bits per heavy atom. The fourth-order valence-corrected chi connectivity index (χ4v) is 4.86. The molecule has 1 saturated heterocycles. The van der Waals surface area contributed by atoms with Gasteiger partial charge in [-0.15, -0.1) is 0 Å². The van der Waals surface area contributed by atoms with Gasteiger partial charge in [0.05, 0.1) is 16.6 Å². The Morgan fingerprint density at radius 1 is 1.08 bits per heavy atom. The summed E-state index contributed by atoms with van der Waals surface area (Å²) in [5.74, 6) is 9.61. The maximum absolute atomic E-state index is 11.9. The molecule has 3 heterocycles. The monoisotopic (exact) mass is 492 g/mol. The van der Waals surface area contributed by atoms with Crippen molar-refractivity contribution < 1.29 is 9.66 Å². The molecule has 0 radical (unpaired) electrons. The Labute approximate surface area is 213 Å². The minimum absolute atomic E-state index is 0.0478. The smallest absolute Gasteiger partial charge is 0.285 e. The number of hydrogen-bond acceptors (Lipinski definition) is 8. The minimum atomic E-state index is -0.397. The molecule has 37 heavy (non-hydrogen) atoms. The molecular weight excluding hydrogens is 468 g/mol. The van der Waals surface area contributed by atoms with E-state index in [1.54, 1.807) is 12.3 Å². The first-order valence-corrected chi connectivity index (χ1v) is 12.1. The first-order valence-electron chi connectivity index (χ1n) is 12.1. The van der Waals surface area contributed by atoms with Crippen LogP contribution in [0.1, 0.15) is 16.8 Å². The lowest BCUT2D eigenvalue weighted by atomic mass is 10.1. The summed E-state index contributed by atoms with van der Waals surface area (Å²) in [5, 5.41) is 19.1. The van der Waals surface area contributed by atoms with Gasteiger partial charge < -0.3 is 15.4 Å². The molecule has 9 heteroatoms. The lowest BCUT2D eigenvalue weighted by molar-refractivity contribution is -0.385. The molecular formula is C28H24N6O3. The Kier molecular flexibility index (Phi) is 5.66. The van der Waals surface area contributed by atoms with Crippen LogP contribution in [-0.4, -0.2) is 33.0 Å². The number of anilines is 2. The van der Waals surface area contributed by atoms with Crippen LogP contribution in [0.3, 0.4) is 0 Å². The highest BCUT2D eigenvalue weighted by molar-refractivity contribution is 5.93. The molecule has 6 rings (SSSR count). The number of hydrogen-bond donors (Lipinski definition) is 2. The number of benzene rings is 2. The standard InChI is InChI=1S/C28H24N6O3/c1-16-9-19(5-8-27(16)37-20-6-3-17(2)30-12-20)33-28-22-11-26(34(35)36)18(10-25(22)31-15-32-28)4-7-21-23-13-29-14-24(21)23/h3,5-6,8-12,15,21,23-24,29H,13-14H2,1-2H3,(H,31,32,33)/t21-,23-,24+. The predicted octanol–water partition coefficient (Wildman–Crippen LogP) is 4.90. The summed E-state index contributed by atoms with van der Waals surface area (Å²) in [6.45, 7) is 5.81. The highest BCUT2D eigenvalue weighted by Gasteiger charge is 2.51. The molecule has 1 saturated carbocycles. The molecule has 0 unspecified atom stereocenters. The number of nitro benzene ring substituents is 1. The molecule has 2 aromatic heterocycles. The van der Waals surface area contributed by atoms with Crippen molar-refractivity contribution in [1.29, 1.82) is 0 Å². The molecule has 1 aliphatic carbocycles. The summed E-state index contributed by atoms with van der Waals surface area (Å²) in [4.78, 5) is 24.5. The van der Waals surface area contributed by atoms with Crippen molar-refractivity contribution in [2.24, 2.45) is 17.8 Å². The van der Waals surface area contributed by atoms with Crippen LogP contribution in [0, 0.1) is 53.6 Å². The molecule has 1 aliphatic heterocycles. The van der Waals surface area contributed by atoms with E-state index in [1.807, 2.05) is 44.2 Å². The lowest BCUT2D eigenvalue weighted by Gasteiger charge is -2.12. The van der Waals surface area contributed by atoms with E-state index in [0.717, 1.165) is 30.0 Å². The van der Waals surface area contributed by atoms with E-state index in [4.69, 9.17) is 4.74 Å². The first-order chi connectivity index (χ1) is 18.0. The Bertz CT molecular complexity index is 1580. The number of nitrogens with zero attached hydrogens (tertiary/aromatic N) is 4. The average Bonchev–Trinajstić information content (AvgIpc) is 3.30. The second-order valence-electron chi connectivity index (χ2n) is 9.49. The largest absolute Gasteiger partial charge is 0.455 e. The number of nitro groups is 1. The number of aromatic nitrogens is 3. The maximum Gasteiger partial charge on any atom is 0.285 e. The van der Waals surface area contributed by atoms with Gasteiger partial charge in [-0.3, -0.25) is 15.1 Å². The van der Waals surface area contributed by atoms with Crippen molar-refractivity contribution in [3.05, 3.63) is 81.9 Å². The highest BCUT2D eigenvalue weighted by atomic mass is 16.6. The van der Waals surface area contributed by atoms with E-state index < -0.39 is 4.92 Å². The van der Waals surface area contributed by atoms with Gasteiger partial charge in [-0.05, 0) is 80.7 Å². The van der Waals surface area contributed by atoms with Crippen LogP contribution in [0.2, 0.25) is 0 Å². The molecule has 4 aromatic rings. The molecule has 0 bridgehead atoms. The summed E-state index contributed by atoms with van der Waals surface area (Å²) in [6.07, 6.45) is 3.13. The molecule has 0 spiro atoms. The van der Waals surface area contributed by atoms with E-state index in [0.29, 0.717) is 51.5 Å². The third-order valence-electron chi connectivity index (χ3n) is 6.96. The number of rotatable bonds is 5. The van der Waals surface area contributed by atoms with Crippen molar-refractivity contribution in [3.63, 3.8) is 0 Å². The van der Waals surface area contributed by atoms with Gasteiger partial charge in [0.15, 0.2) is 0 Å². The number of ether oxygens (including phenoxy) is 1. The molecule has 2 aromatic carbocycles. The van der Waals surface area contributed by atoms with E-state index in [9.17, 15) is 10.1 Å². The van der Waals surface area contributed by atoms with Crippen molar-refractivity contribution in [1.82, 2.24) is 20.3 Å². The van der Waals surface area contributed by atoms with Crippen LogP contribution in [0.15, 0.2) is 55.0 Å². The number of fused-ring (bicyclic) bond motifs is 2. The summed E-state index contributed by atoms with van der Waals surface area (Å²) in [7, 11) is 0. The quantitative estimate of drug-likeness (QED) is 0.230. The van der Waals surface area contributed by atoms with Crippen LogP contribution in [0.25, 0.3) is 10.9 Å². The summed E-state index contributed by atoms with van der Waals surface area (Å²) in [6, 6.07) is 12.6. The first kappa shape index (κ1) is 22.9. The predicted molar refractivity (Wildman–Crippen MR) is 140 cm³/mol. The number of pyridine rings is 1. The van der Waals surface area contributed by atoms with E-state index in [1.165, 1.54) is 12.4 Å². The Balaban J connectivity index is 1.27. The summed E-state index contributed by atoms with van der Waals surface area (Å²) >= 11 is 0. The zero-order valence-corrected chi connectivity index (χ0v) is 20.4. The fraction of sp³-hybridized carbons (Fsp3) is 0.250. The Morgan fingerprint density at radius 3 is 2.65 bits per heavy atom. The molecule has 2 N–H and O–H groups in total. The molecule has 2 aliphatic rings. The fourth-order valence-electron chi connectivity index (χ4n) is 4.86. The number of aryl methyl sites for hydroxylation is 2. The van der Waals surface area contributed by atoms with Gasteiger partial charge in [0.1, 0.15) is 29.2 Å². The third kappa shape index (κ3) is 4.55. The second kappa shape index (κ2) is 9.15. The third-order valence-corrected chi connectivity index (χ3v) is 6.96. The van der Waals surface area contributed by atoms with E-state index in [2.05, 4.69) is 37.4 Å². The molecule has 9 nitrogen and oxygen atoms in total. The second-order valence-corrected chi connectivity index (χ2v) is 9.49. The van der Waals surface area contributed by atoms with Crippen molar-refractivity contribution in [3.8, 4) is 23.3 Å². The van der Waals surface area contributed by atoms with Crippen LogP contribution in [0.4, 0.5) is 17.2 Å². The van der Waals surface area contributed by atoms with Crippen molar-refractivity contribution in [2.75, 3.05) is 18.4 Å². The number of nitrogens with one attached hydrogen (secondary N) is 2. The zero-order chi connectivity index (χ0) is 25.5. The molecule has 2 fully saturated rings. The van der Waals surface area contributed by atoms with Gasteiger partial charge in [0.25, 0.3) is 5.69 Å². The molecule has 0 amide bonds. The summed E-state index contributed by atoms with van der Waals surface area (Å²) in [5.41, 5.74) is 3.52. The average molecular weight is 493 g/mol. The summed E-state index contributed by atoms with van der Waals surface area (Å²) < 4.78 is 5.96. The Hall–Kier alpha value is -4.55. The number of piperidine rings is 1. The van der Waals surface area contributed by atoms with Crippen LogP contribution in [0.5, 0.6) is 11.5 Å². The molecule has 184 valence electrons. The zero-order valence-electron chi connectivity index (χ0n) is 20.4. The van der Waals surface area contributed by atoms with Crippen molar-refractivity contribution in [2.45, 2.75) is 13.8 Å². The topological polar surface area (TPSA) is 115 Å². The van der Waals surface area contributed by atoms with E-state index >= 15 is 0 Å². The van der Waals surface area contributed by atoms with Gasteiger partial charge >= 0.3 is 0 Å². The lowest BCUT2D eigenvalue weighted by Crippen LogP contribution is -2.13. The van der Waals surface area contributed by atoms with Gasteiger partial charge in [-0.25, -0.2) is 9.97 Å². The van der Waals surface area contributed by atoms with Gasteiger partial charge in [0.2, 0.25) is 0 Å². The van der Waals surface area contributed by atoms with Crippen molar-refractivity contribution >= 4 is 28.1 Å². The highest BCUT2D eigenvalue weighted by Crippen LogP contribution is 2.48. The molecule has 3 atom stereocenters. The van der Waals surface area contributed by atoms with Crippen LogP contribution in [-0.2, 0) is 0 Å². The van der Waals surface area contributed by atoms with Gasteiger partial charge in [0, 0.05) is 28.8 Å². The van der Waals surface area contributed by atoms with Gasteiger partial charge in [-0.1, -0.05) is 11.8 Å². The maximum atomic E-state index is 11.9. The normalized spacial score (nSPS) is 19.6. The SMILES string of the molecule is Cc1ccc(Oc2ccc(Nc3ncnc4cc(C#C[C@@H]5[C@H]6CNC[C@@H]56)c([N+](=O)[O-])cc34)cc2C)cn1.